The number of hydrogen-bond acceptors (Lipinski definition) is 4. The third kappa shape index (κ3) is 3.30. The minimum Gasteiger partial charge on any atom is -0.481 e. The van der Waals surface area contributed by atoms with Gasteiger partial charge in [0.2, 0.25) is 0 Å². The Labute approximate surface area is 97.9 Å². The molecule has 0 saturated heterocycles. The van der Waals surface area contributed by atoms with Crippen molar-refractivity contribution < 1.29 is 14.7 Å². The lowest BCUT2D eigenvalue weighted by Crippen LogP contribution is -2.28. The van der Waals surface area contributed by atoms with Crippen LogP contribution in [0.15, 0.2) is 5.38 Å². The average Bonchev–Trinajstić information content (AvgIpc) is 2.62. The quantitative estimate of drug-likeness (QED) is 0.847. The number of aryl methyl sites for hydroxylation is 1. The zero-order chi connectivity index (χ0) is 12.1. The van der Waals surface area contributed by atoms with Gasteiger partial charge in [-0.1, -0.05) is 0 Å². The highest BCUT2D eigenvalue weighted by atomic mass is 32.1. The van der Waals surface area contributed by atoms with E-state index in [-0.39, 0.29) is 12.3 Å². The molecule has 1 heterocycles. The molecule has 5 nitrogen and oxygen atoms in total. The summed E-state index contributed by atoms with van der Waals surface area (Å²) in [4.78, 5) is 23.7. The minimum absolute atomic E-state index is 0.0818. The molecule has 1 N–H and O–H groups in total. The Hall–Kier alpha value is -1.43. The molecule has 0 atom stereocenters. The van der Waals surface area contributed by atoms with Gasteiger partial charge in [0.25, 0.3) is 5.91 Å². The zero-order valence-corrected chi connectivity index (χ0v) is 10.1. The largest absolute Gasteiger partial charge is 0.481 e. The summed E-state index contributed by atoms with van der Waals surface area (Å²) < 4.78 is 4.03. The Bertz CT molecular complexity index is 389. The normalized spacial score (nSPS) is 10.1. The number of aromatic nitrogens is 1. The van der Waals surface area contributed by atoms with Crippen molar-refractivity contribution in [1.29, 1.82) is 0 Å². The Balaban J connectivity index is 2.49. The van der Waals surface area contributed by atoms with E-state index in [2.05, 4.69) is 4.37 Å². The van der Waals surface area contributed by atoms with Gasteiger partial charge in [0.05, 0.1) is 11.3 Å². The number of carbonyl (C=O) groups is 2. The first-order valence-corrected chi connectivity index (χ1v) is 5.74. The third-order valence-electron chi connectivity index (χ3n) is 2.21. The maximum absolute atomic E-state index is 11.8. The molecule has 0 aromatic carbocycles. The summed E-state index contributed by atoms with van der Waals surface area (Å²) in [6.07, 6.45) is 0.548. The number of carboxylic acids is 1. The van der Waals surface area contributed by atoms with E-state index in [1.807, 2.05) is 0 Å². The van der Waals surface area contributed by atoms with Crippen molar-refractivity contribution in [2.45, 2.75) is 19.8 Å². The standard InChI is InChI=1S/C10H14N2O3S/c1-7-8(6-16-11-7)10(15)12(2)5-3-4-9(13)14/h6H,3-5H2,1-2H3,(H,13,14). The van der Waals surface area contributed by atoms with Crippen LogP contribution in [-0.4, -0.2) is 39.8 Å². The van der Waals surface area contributed by atoms with Crippen molar-refractivity contribution in [2.75, 3.05) is 13.6 Å². The lowest BCUT2D eigenvalue weighted by Gasteiger charge is -2.15. The second kappa shape index (κ2) is 5.60. The second-order valence-electron chi connectivity index (χ2n) is 3.54. The van der Waals surface area contributed by atoms with E-state index in [4.69, 9.17) is 5.11 Å². The van der Waals surface area contributed by atoms with E-state index in [1.165, 1.54) is 16.4 Å². The molecule has 6 heteroatoms. The summed E-state index contributed by atoms with van der Waals surface area (Å²) in [6.45, 7) is 2.23. The molecule has 0 bridgehead atoms. The van der Waals surface area contributed by atoms with E-state index in [1.54, 1.807) is 19.4 Å². The zero-order valence-electron chi connectivity index (χ0n) is 9.27. The van der Waals surface area contributed by atoms with Crippen LogP contribution in [0.2, 0.25) is 0 Å². The van der Waals surface area contributed by atoms with E-state index in [0.717, 1.165) is 5.69 Å². The lowest BCUT2D eigenvalue weighted by molar-refractivity contribution is -0.137. The van der Waals surface area contributed by atoms with Gasteiger partial charge in [0, 0.05) is 25.4 Å². The predicted molar refractivity (Wildman–Crippen MR) is 60.7 cm³/mol. The fourth-order valence-corrected chi connectivity index (χ4v) is 1.96. The SMILES string of the molecule is Cc1nscc1C(=O)N(C)CCCC(=O)O. The van der Waals surface area contributed by atoms with Gasteiger partial charge in [0.1, 0.15) is 0 Å². The van der Waals surface area contributed by atoms with Gasteiger partial charge in [-0.3, -0.25) is 9.59 Å². The van der Waals surface area contributed by atoms with E-state index in [0.29, 0.717) is 18.5 Å². The number of hydrogen-bond donors (Lipinski definition) is 1. The Kier molecular flexibility index (Phi) is 4.42. The molecule has 1 amide bonds. The van der Waals surface area contributed by atoms with Gasteiger partial charge in [-0.25, -0.2) is 0 Å². The molecule has 88 valence electrons. The molecule has 0 aliphatic rings. The smallest absolute Gasteiger partial charge is 0.303 e. The molecule has 1 aromatic rings. The predicted octanol–water partition coefficient (Wildman–Crippen LogP) is 1.39. The van der Waals surface area contributed by atoms with E-state index < -0.39 is 5.97 Å². The fraction of sp³-hybridized carbons (Fsp3) is 0.500. The van der Waals surface area contributed by atoms with E-state index >= 15 is 0 Å². The molecule has 0 fully saturated rings. The van der Waals surface area contributed by atoms with Gasteiger partial charge in [-0.15, -0.1) is 0 Å². The van der Waals surface area contributed by atoms with Gasteiger partial charge in [0.15, 0.2) is 0 Å². The summed E-state index contributed by atoms with van der Waals surface area (Å²) in [5, 5.41) is 10.2. The number of nitrogens with zero attached hydrogens (tertiary/aromatic N) is 2. The molecule has 0 spiro atoms. The highest BCUT2D eigenvalue weighted by Crippen LogP contribution is 2.11. The second-order valence-corrected chi connectivity index (χ2v) is 4.17. The first-order chi connectivity index (χ1) is 7.52. The third-order valence-corrected chi connectivity index (χ3v) is 2.93. The fourth-order valence-electron chi connectivity index (χ4n) is 1.27. The van der Waals surface area contributed by atoms with Crippen LogP contribution < -0.4 is 0 Å². The summed E-state index contributed by atoms with van der Waals surface area (Å²) in [5.41, 5.74) is 1.32. The number of rotatable bonds is 5. The Morgan fingerprint density at radius 1 is 1.56 bits per heavy atom. The molecule has 0 unspecified atom stereocenters. The maximum atomic E-state index is 11.8. The van der Waals surface area contributed by atoms with Crippen molar-refractivity contribution in [3.05, 3.63) is 16.6 Å². The van der Waals surface area contributed by atoms with Crippen LogP contribution in [0.25, 0.3) is 0 Å². The van der Waals surface area contributed by atoms with Crippen LogP contribution in [-0.2, 0) is 4.79 Å². The topological polar surface area (TPSA) is 70.5 Å². The maximum Gasteiger partial charge on any atom is 0.303 e. The summed E-state index contributed by atoms with van der Waals surface area (Å²) in [5.74, 6) is -0.939. The van der Waals surface area contributed by atoms with Crippen LogP contribution in [0.1, 0.15) is 28.9 Å². The minimum atomic E-state index is -0.839. The molecule has 0 radical (unpaired) electrons. The first-order valence-electron chi connectivity index (χ1n) is 4.90. The van der Waals surface area contributed by atoms with Crippen LogP contribution in [0, 0.1) is 6.92 Å². The van der Waals surface area contributed by atoms with Crippen LogP contribution in [0.5, 0.6) is 0 Å². The van der Waals surface area contributed by atoms with E-state index in [9.17, 15) is 9.59 Å². The molecular weight excluding hydrogens is 228 g/mol. The van der Waals surface area contributed by atoms with Gasteiger partial charge in [-0.05, 0) is 24.9 Å². The van der Waals surface area contributed by atoms with Gasteiger partial charge < -0.3 is 10.0 Å². The molecule has 1 aromatic heterocycles. The monoisotopic (exact) mass is 242 g/mol. The van der Waals surface area contributed by atoms with Crippen LogP contribution in [0.3, 0.4) is 0 Å². The number of amides is 1. The van der Waals surface area contributed by atoms with Crippen LogP contribution in [0.4, 0.5) is 0 Å². The molecule has 0 aliphatic carbocycles. The van der Waals surface area contributed by atoms with Crippen LogP contribution >= 0.6 is 11.5 Å². The average molecular weight is 242 g/mol. The lowest BCUT2D eigenvalue weighted by atomic mass is 10.2. The van der Waals surface area contributed by atoms with Gasteiger partial charge >= 0.3 is 5.97 Å². The molecule has 1 rings (SSSR count). The molecule has 0 saturated carbocycles. The highest BCUT2D eigenvalue weighted by molar-refractivity contribution is 7.03. The summed E-state index contributed by atoms with van der Waals surface area (Å²) in [7, 11) is 1.67. The highest BCUT2D eigenvalue weighted by Gasteiger charge is 2.15. The summed E-state index contributed by atoms with van der Waals surface area (Å²) >= 11 is 1.25. The van der Waals surface area contributed by atoms with Crippen molar-refractivity contribution in [1.82, 2.24) is 9.27 Å². The number of aliphatic carboxylic acids is 1. The first kappa shape index (κ1) is 12.6. The Morgan fingerprint density at radius 3 is 2.75 bits per heavy atom. The van der Waals surface area contributed by atoms with Crippen molar-refractivity contribution >= 4 is 23.4 Å². The van der Waals surface area contributed by atoms with Crippen molar-refractivity contribution in [3.8, 4) is 0 Å². The van der Waals surface area contributed by atoms with Gasteiger partial charge in [-0.2, -0.15) is 4.37 Å². The number of carbonyl (C=O) groups excluding carboxylic acids is 1. The molecular formula is C10H14N2O3S. The van der Waals surface area contributed by atoms with Crippen molar-refractivity contribution in [3.63, 3.8) is 0 Å². The summed E-state index contributed by atoms with van der Waals surface area (Å²) in [6, 6.07) is 0. The molecule has 0 aliphatic heterocycles. The Morgan fingerprint density at radius 2 is 2.25 bits per heavy atom. The number of carboxylic acid groups (broad SMARTS) is 1. The van der Waals surface area contributed by atoms with Crippen molar-refractivity contribution in [2.24, 2.45) is 0 Å². The molecule has 16 heavy (non-hydrogen) atoms.